The first-order valence-corrected chi connectivity index (χ1v) is 6.30. The summed E-state index contributed by atoms with van der Waals surface area (Å²) in [6, 6.07) is 6.24. The molecule has 5 N–H and O–H groups in total. The van der Waals surface area contributed by atoms with E-state index in [2.05, 4.69) is 16.0 Å². The number of anilines is 2. The summed E-state index contributed by atoms with van der Waals surface area (Å²) in [5, 5.41) is 8.54. The summed E-state index contributed by atoms with van der Waals surface area (Å²) >= 11 is 0. The van der Waals surface area contributed by atoms with Crippen LogP contribution in [0.3, 0.4) is 0 Å². The van der Waals surface area contributed by atoms with E-state index < -0.39 is 6.03 Å². The lowest BCUT2D eigenvalue weighted by Crippen LogP contribution is -2.19. The average molecular weight is 262 g/mol. The van der Waals surface area contributed by atoms with Crippen LogP contribution in [0.5, 0.6) is 0 Å². The molecule has 0 aliphatic carbocycles. The first-order valence-electron chi connectivity index (χ1n) is 6.30. The maximum absolute atomic E-state index is 11.8. The van der Waals surface area contributed by atoms with Crippen molar-refractivity contribution in [2.75, 3.05) is 23.7 Å². The minimum absolute atomic E-state index is 0.0179. The van der Waals surface area contributed by atoms with E-state index in [1.807, 2.05) is 0 Å². The van der Waals surface area contributed by atoms with Gasteiger partial charge in [0.1, 0.15) is 0 Å². The van der Waals surface area contributed by atoms with E-state index in [4.69, 9.17) is 5.73 Å². The summed E-state index contributed by atoms with van der Waals surface area (Å²) in [6.45, 7) is 1.90. The number of amides is 3. The fourth-order valence-electron chi connectivity index (χ4n) is 2.14. The van der Waals surface area contributed by atoms with E-state index in [-0.39, 0.29) is 5.91 Å². The molecule has 1 fully saturated rings. The molecular weight excluding hydrogens is 244 g/mol. The van der Waals surface area contributed by atoms with Crippen LogP contribution in [0.25, 0.3) is 0 Å². The second kappa shape index (κ2) is 6.19. The molecule has 1 aliphatic heterocycles. The Kier molecular flexibility index (Phi) is 4.35. The normalized spacial score (nSPS) is 18.0. The highest BCUT2D eigenvalue weighted by atomic mass is 16.2. The summed E-state index contributed by atoms with van der Waals surface area (Å²) < 4.78 is 0. The Balaban J connectivity index is 1.84. The molecule has 1 unspecified atom stereocenters. The van der Waals surface area contributed by atoms with Crippen LogP contribution in [0.4, 0.5) is 16.2 Å². The van der Waals surface area contributed by atoms with Crippen LogP contribution < -0.4 is 21.7 Å². The Bertz CT molecular complexity index is 452. The van der Waals surface area contributed by atoms with Crippen LogP contribution in [0, 0.1) is 5.92 Å². The molecule has 6 heteroatoms. The van der Waals surface area contributed by atoms with Crippen molar-refractivity contribution < 1.29 is 9.59 Å². The highest BCUT2D eigenvalue weighted by Gasteiger charge is 2.17. The summed E-state index contributed by atoms with van der Waals surface area (Å²) in [6.07, 6.45) is 1.59. The number of hydrogen-bond acceptors (Lipinski definition) is 3. The topological polar surface area (TPSA) is 96.2 Å². The van der Waals surface area contributed by atoms with Crippen LogP contribution in [0.1, 0.15) is 12.8 Å². The Labute approximate surface area is 111 Å². The lowest BCUT2D eigenvalue weighted by Gasteiger charge is -2.09. The third-order valence-electron chi connectivity index (χ3n) is 3.07. The number of benzene rings is 1. The summed E-state index contributed by atoms with van der Waals surface area (Å²) in [5.74, 6) is 0.445. The van der Waals surface area contributed by atoms with Crippen LogP contribution in [-0.4, -0.2) is 25.0 Å². The third kappa shape index (κ3) is 4.26. The molecule has 0 saturated carbocycles. The monoisotopic (exact) mass is 262 g/mol. The van der Waals surface area contributed by atoms with Crippen molar-refractivity contribution in [3.63, 3.8) is 0 Å². The molecule has 1 atom stereocenters. The fourth-order valence-corrected chi connectivity index (χ4v) is 2.14. The Morgan fingerprint density at radius 1 is 1.21 bits per heavy atom. The Hall–Kier alpha value is -2.08. The molecule has 1 aliphatic rings. The van der Waals surface area contributed by atoms with E-state index in [0.717, 1.165) is 19.5 Å². The van der Waals surface area contributed by atoms with Crippen LogP contribution >= 0.6 is 0 Å². The smallest absolute Gasteiger partial charge is 0.316 e. The number of rotatable bonds is 4. The van der Waals surface area contributed by atoms with Crippen LogP contribution in [-0.2, 0) is 4.79 Å². The van der Waals surface area contributed by atoms with Gasteiger partial charge in [0.15, 0.2) is 0 Å². The number of nitrogens with one attached hydrogen (secondary N) is 3. The number of nitrogens with two attached hydrogens (primary N) is 1. The van der Waals surface area contributed by atoms with Crippen LogP contribution in [0.15, 0.2) is 24.3 Å². The quantitative estimate of drug-likeness (QED) is 0.654. The van der Waals surface area contributed by atoms with E-state index in [9.17, 15) is 9.59 Å². The SMILES string of the molecule is NC(=O)Nc1ccc(NC(=O)CC2CCNC2)cc1. The maximum atomic E-state index is 11.8. The van der Waals surface area contributed by atoms with Gasteiger partial charge in [-0.2, -0.15) is 0 Å². The molecule has 6 nitrogen and oxygen atoms in total. The molecule has 0 radical (unpaired) electrons. The van der Waals surface area contributed by atoms with Crippen molar-refractivity contribution >= 4 is 23.3 Å². The lowest BCUT2D eigenvalue weighted by atomic mass is 10.0. The van der Waals surface area contributed by atoms with Crippen molar-refractivity contribution in [3.05, 3.63) is 24.3 Å². The second-order valence-corrected chi connectivity index (χ2v) is 4.68. The highest BCUT2D eigenvalue weighted by molar-refractivity contribution is 5.92. The van der Waals surface area contributed by atoms with Gasteiger partial charge >= 0.3 is 6.03 Å². The van der Waals surface area contributed by atoms with Crippen molar-refractivity contribution in [3.8, 4) is 0 Å². The third-order valence-corrected chi connectivity index (χ3v) is 3.07. The molecule has 3 amide bonds. The van der Waals surface area contributed by atoms with Gasteiger partial charge in [-0.3, -0.25) is 4.79 Å². The highest BCUT2D eigenvalue weighted by Crippen LogP contribution is 2.16. The van der Waals surface area contributed by atoms with Crippen molar-refractivity contribution in [2.24, 2.45) is 11.7 Å². The predicted molar refractivity (Wildman–Crippen MR) is 73.9 cm³/mol. The first-order chi connectivity index (χ1) is 9.13. The molecule has 19 heavy (non-hydrogen) atoms. The van der Waals surface area contributed by atoms with Gasteiger partial charge in [-0.1, -0.05) is 0 Å². The largest absolute Gasteiger partial charge is 0.351 e. The number of primary amides is 1. The van der Waals surface area contributed by atoms with Gasteiger partial charge in [0, 0.05) is 17.8 Å². The van der Waals surface area contributed by atoms with Crippen molar-refractivity contribution in [2.45, 2.75) is 12.8 Å². The standard InChI is InChI=1S/C13H18N4O2/c14-13(19)17-11-3-1-10(2-4-11)16-12(18)7-9-5-6-15-8-9/h1-4,9,15H,5-8H2,(H,16,18)(H3,14,17,19). The lowest BCUT2D eigenvalue weighted by molar-refractivity contribution is -0.116. The van der Waals surface area contributed by atoms with Gasteiger partial charge < -0.3 is 21.7 Å². The number of urea groups is 1. The molecule has 0 aromatic heterocycles. The summed E-state index contributed by atoms with van der Waals surface area (Å²) in [7, 11) is 0. The first kappa shape index (κ1) is 13.4. The van der Waals surface area contributed by atoms with E-state index in [1.54, 1.807) is 24.3 Å². The van der Waals surface area contributed by atoms with Gasteiger partial charge in [-0.25, -0.2) is 4.79 Å². The molecule has 1 aromatic rings. The zero-order chi connectivity index (χ0) is 13.7. The predicted octanol–water partition coefficient (Wildman–Crippen LogP) is 1.12. The minimum Gasteiger partial charge on any atom is -0.351 e. The summed E-state index contributed by atoms with van der Waals surface area (Å²) in [4.78, 5) is 22.5. The fraction of sp³-hybridized carbons (Fsp3) is 0.385. The molecule has 0 spiro atoms. The molecule has 102 valence electrons. The zero-order valence-corrected chi connectivity index (χ0v) is 10.6. The van der Waals surface area contributed by atoms with E-state index >= 15 is 0 Å². The molecule has 1 aromatic carbocycles. The Morgan fingerprint density at radius 2 is 1.84 bits per heavy atom. The summed E-state index contributed by atoms with van der Waals surface area (Å²) in [5.41, 5.74) is 6.33. The number of hydrogen-bond donors (Lipinski definition) is 4. The minimum atomic E-state index is -0.606. The molecule has 0 bridgehead atoms. The molecule has 1 heterocycles. The number of carbonyl (C=O) groups excluding carboxylic acids is 2. The van der Waals surface area contributed by atoms with Gasteiger partial charge in [0.2, 0.25) is 5.91 Å². The van der Waals surface area contributed by atoms with Gasteiger partial charge in [-0.15, -0.1) is 0 Å². The van der Waals surface area contributed by atoms with Crippen LogP contribution in [0.2, 0.25) is 0 Å². The van der Waals surface area contributed by atoms with E-state index in [1.165, 1.54) is 0 Å². The van der Waals surface area contributed by atoms with E-state index in [0.29, 0.717) is 23.7 Å². The Morgan fingerprint density at radius 3 is 2.37 bits per heavy atom. The van der Waals surface area contributed by atoms with Gasteiger partial charge in [0.25, 0.3) is 0 Å². The molecule has 1 saturated heterocycles. The van der Waals surface area contributed by atoms with Gasteiger partial charge in [0.05, 0.1) is 0 Å². The average Bonchev–Trinajstić information content (AvgIpc) is 2.83. The molecular formula is C13H18N4O2. The second-order valence-electron chi connectivity index (χ2n) is 4.68. The molecule has 2 rings (SSSR count). The van der Waals surface area contributed by atoms with Crippen molar-refractivity contribution in [1.29, 1.82) is 0 Å². The van der Waals surface area contributed by atoms with Gasteiger partial charge in [-0.05, 0) is 49.7 Å². The maximum Gasteiger partial charge on any atom is 0.316 e. The van der Waals surface area contributed by atoms with Crippen molar-refractivity contribution in [1.82, 2.24) is 5.32 Å². The zero-order valence-electron chi connectivity index (χ0n) is 10.6. The number of carbonyl (C=O) groups is 2.